The van der Waals surface area contributed by atoms with E-state index >= 15 is 0 Å². The number of likely N-dealkylation sites (tertiary alicyclic amines) is 1. The van der Waals surface area contributed by atoms with E-state index in [-0.39, 0.29) is 11.9 Å². The molecule has 1 saturated heterocycles. The van der Waals surface area contributed by atoms with E-state index in [4.69, 9.17) is 15.5 Å². The van der Waals surface area contributed by atoms with Crippen molar-refractivity contribution < 1.29 is 13.9 Å². The van der Waals surface area contributed by atoms with Crippen molar-refractivity contribution in [3.63, 3.8) is 0 Å². The van der Waals surface area contributed by atoms with E-state index < -0.39 is 11.7 Å². The molecule has 37 heavy (non-hydrogen) atoms. The zero-order valence-corrected chi connectivity index (χ0v) is 20.5. The number of rotatable bonds is 7. The summed E-state index contributed by atoms with van der Waals surface area (Å²) < 4.78 is 20.7. The average molecular weight is 498 g/mol. The lowest BCUT2D eigenvalue weighted by Crippen LogP contribution is -2.35. The van der Waals surface area contributed by atoms with Crippen LogP contribution < -0.4 is 15.8 Å². The molecule has 1 aliphatic heterocycles. The van der Waals surface area contributed by atoms with Gasteiger partial charge in [0.2, 0.25) is 11.9 Å². The number of benzene rings is 3. The summed E-state index contributed by atoms with van der Waals surface area (Å²) in [5.74, 6) is -0.316. The molecule has 7 nitrogen and oxygen atoms in total. The van der Waals surface area contributed by atoms with Crippen molar-refractivity contribution >= 4 is 34.5 Å². The van der Waals surface area contributed by atoms with Crippen molar-refractivity contribution in [1.82, 2.24) is 14.9 Å². The maximum Gasteiger partial charge on any atom is 0.241 e. The minimum Gasteiger partial charge on any atom is -0.487 e. The van der Waals surface area contributed by atoms with Gasteiger partial charge < -0.3 is 20.7 Å². The maximum atomic E-state index is 14.8. The van der Waals surface area contributed by atoms with Crippen LogP contribution in [0.4, 0.5) is 16.0 Å². The molecule has 188 valence electrons. The molecule has 1 aromatic heterocycles. The number of anilines is 2. The van der Waals surface area contributed by atoms with Gasteiger partial charge in [-0.25, -0.2) is 14.4 Å². The number of hydrogen-bond acceptors (Lipinski definition) is 6. The number of piperidine rings is 1. The van der Waals surface area contributed by atoms with Gasteiger partial charge in [0.05, 0.1) is 5.52 Å². The first-order valence-corrected chi connectivity index (χ1v) is 12.2. The highest BCUT2D eigenvalue weighted by Crippen LogP contribution is 2.30. The second kappa shape index (κ2) is 10.8. The molecule has 0 aliphatic carbocycles. The zero-order chi connectivity index (χ0) is 25.8. The number of para-hydroxylation sites is 1. The number of carbonyl (C=O) groups is 1. The molecule has 0 atom stereocenters. The van der Waals surface area contributed by atoms with Crippen LogP contribution in [0.5, 0.6) is 5.75 Å². The van der Waals surface area contributed by atoms with Crippen molar-refractivity contribution in [3.05, 3.63) is 84.3 Å². The Morgan fingerprint density at radius 2 is 1.95 bits per heavy atom. The lowest BCUT2D eigenvalue weighted by atomic mass is 10.0. The van der Waals surface area contributed by atoms with Crippen molar-refractivity contribution in [2.45, 2.75) is 18.9 Å². The molecule has 3 aromatic carbocycles. The van der Waals surface area contributed by atoms with Gasteiger partial charge in [0.1, 0.15) is 6.10 Å². The van der Waals surface area contributed by atoms with Crippen molar-refractivity contribution in [2.24, 2.45) is 5.73 Å². The third-order valence-corrected chi connectivity index (χ3v) is 6.40. The van der Waals surface area contributed by atoms with E-state index in [2.05, 4.69) is 22.2 Å². The Labute approximate surface area is 214 Å². The summed E-state index contributed by atoms with van der Waals surface area (Å²) in [6.07, 6.45) is 6.53. The molecule has 0 radical (unpaired) electrons. The fourth-order valence-corrected chi connectivity index (χ4v) is 4.42. The Morgan fingerprint density at radius 3 is 2.73 bits per heavy atom. The largest absolute Gasteiger partial charge is 0.487 e. The third-order valence-electron chi connectivity index (χ3n) is 6.40. The van der Waals surface area contributed by atoms with Crippen LogP contribution in [0.2, 0.25) is 0 Å². The highest BCUT2D eigenvalue weighted by Gasteiger charge is 2.19. The number of nitrogens with one attached hydrogen (secondary N) is 1. The first-order valence-electron chi connectivity index (χ1n) is 12.2. The van der Waals surface area contributed by atoms with Gasteiger partial charge >= 0.3 is 0 Å². The minimum atomic E-state index is -0.503. The highest BCUT2D eigenvalue weighted by molar-refractivity contribution is 5.95. The fraction of sp³-hybridized carbons (Fsp3) is 0.207. The van der Waals surface area contributed by atoms with Gasteiger partial charge in [-0.3, -0.25) is 4.79 Å². The van der Waals surface area contributed by atoms with Gasteiger partial charge in [0.25, 0.3) is 0 Å². The average Bonchev–Trinajstić information content (AvgIpc) is 2.90. The molecule has 0 bridgehead atoms. The zero-order valence-electron chi connectivity index (χ0n) is 20.5. The number of amides is 1. The topological polar surface area (TPSA) is 93.4 Å². The highest BCUT2D eigenvalue weighted by atomic mass is 19.1. The molecule has 1 fully saturated rings. The van der Waals surface area contributed by atoms with E-state index in [1.165, 1.54) is 12.1 Å². The summed E-state index contributed by atoms with van der Waals surface area (Å²) in [5, 5.41) is 3.98. The van der Waals surface area contributed by atoms with Gasteiger partial charge in [-0.1, -0.05) is 36.4 Å². The van der Waals surface area contributed by atoms with E-state index in [1.54, 1.807) is 24.4 Å². The van der Waals surface area contributed by atoms with Crippen molar-refractivity contribution in [1.29, 1.82) is 0 Å². The Kier molecular flexibility index (Phi) is 7.09. The van der Waals surface area contributed by atoms with Crippen molar-refractivity contribution in [3.8, 4) is 16.9 Å². The SMILES string of the molecule is CN1CCC(Oc2ccc(Nc3ncc4cccc(-c5cccc(C=CC(N)=O)c5)c4n3)cc2F)CC1. The van der Waals surface area contributed by atoms with Crippen LogP contribution in [0.15, 0.2) is 72.9 Å². The summed E-state index contributed by atoms with van der Waals surface area (Å²) in [6.45, 7) is 1.89. The van der Waals surface area contributed by atoms with Crippen LogP contribution in [0, 0.1) is 5.82 Å². The number of ether oxygens (including phenoxy) is 1. The van der Waals surface area contributed by atoms with Crippen LogP contribution in [-0.2, 0) is 4.79 Å². The molecule has 1 aliphatic rings. The number of fused-ring (bicyclic) bond motifs is 1. The third kappa shape index (κ3) is 5.92. The molecule has 0 unspecified atom stereocenters. The van der Waals surface area contributed by atoms with Gasteiger partial charge in [0.15, 0.2) is 11.6 Å². The van der Waals surface area contributed by atoms with E-state index in [0.717, 1.165) is 53.5 Å². The summed E-state index contributed by atoms with van der Waals surface area (Å²) in [4.78, 5) is 22.5. The second-order valence-corrected chi connectivity index (χ2v) is 9.19. The number of primary amides is 1. The Hall–Kier alpha value is -4.30. The molecule has 1 amide bonds. The number of carbonyl (C=O) groups excluding carboxylic acids is 1. The first kappa shape index (κ1) is 24.4. The van der Waals surface area contributed by atoms with E-state index in [1.807, 2.05) is 42.5 Å². The van der Waals surface area contributed by atoms with Gasteiger partial charge in [-0.15, -0.1) is 0 Å². The summed E-state index contributed by atoms with van der Waals surface area (Å²) in [6, 6.07) is 18.4. The molecule has 0 spiro atoms. The number of hydrogen-bond donors (Lipinski definition) is 2. The van der Waals surface area contributed by atoms with E-state index in [0.29, 0.717) is 11.6 Å². The normalized spacial score (nSPS) is 14.8. The van der Waals surface area contributed by atoms with Crippen LogP contribution in [-0.4, -0.2) is 47.0 Å². The van der Waals surface area contributed by atoms with Crippen molar-refractivity contribution in [2.75, 3.05) is 25.5 Å². The summed E-state index contributed by atoms with van der Waals surface area (Å²) in [7, 11) is 2.08. The number of nitrogens with two attached hydrogens (primary N) is 1. The number of aromatic nitrogens is 2. The van der Waals surface area contributed by atoms with Crippen LogP contribution in [0.25, 0.3) is 28.1 Å². The van der Waals surface area contributed by atoms with E-state index in [9.17, 15) is 9.18 Å². The lowest BCUT2D eigenvalue weighted by molar-refractivity contribution is -0.113. The molecule has 4 aromatic rings. The van der Waals surface area contributed by atoms with Gasteiger partial charge in [0, 0.05) is 48.1 Å². The van der Waals surface area contributed by atoms with Gasteiger partial charge in [-0.2, -0.15) is 0 Å². The molecule has 3 N–H and O–H groups in total. The van der Waals surface area contributed by atoms with Gasteiger partial charge in [-0.05, 0) is 55.3 Å². The molecule has 8 heteroatoms. The van der Waals surface area contributed by atoms with Crippen LogP contribution in [0.1, 0.15) is 18.4 Å². The second-order valence-electron chi connectivity index (χ2n) is 9.19. The Bertz CT molecular complexity index is 1460. The Morgan fingerprint density at radius 1 is 1.14 bits per heavy atom. The Balaban J connectivity index is 1.38. The quantitative estimate of drug-likeness (QED) is 0.343. The molecular weight excluding hydrogens is 469 g/mol. The lowest BCUT2D eigenvalue weighted by Gasteiger charge is -2.29. The standard InChI is InChI=1S/C29H28FN5O2/c1-35-14-12-23(13-15-35)37-26-10-9-22(17-25(26)30)33-29-32-18-21-6-3-7-24(28(21)34-29)20-5-2-4-19(16-20)8-11-27(31)36/h2-11,16-18,23H,12-15H2,1H3,(H2,31,36)(H,32,33,34). The van der Waals surface area contributed by atoms with Crippen LogP contribution in [0.3, 0.4) is 0 Å². The summed E-state index contributed by atoms with van der Waals surface area (Å²) in [5.41, 5.74) is 9.19. The molecular formula is C29H28FN5O2. The first-order chi connectivity index (χ1) is 17.9. The maximum absolute atomic E-state index is 14.8. The predicted octanol–water partition coefficient (Wildman–Crippen LogP) is 5.15. The predicted molar refractivity (Wildman–Crippen MR) is 144 cm³/mol. The molecule has 0 saturated carbocycles. The molecule has 5 rings (SSSR count). The van der Waals surface area contributed by atoms with Crippen LogP contribution >= 0.6 is 0 Å². The summed E-state index contributed by atoms with van der Waals surface area (Å²) >= 11 is 0. The monoisotopic (exact) mass is 497 g/mol. The minimum absolute atomic E-state index is 0.0246. The molecule has 2 heterocycles. The number of nitrogens with zero attached hydrogens (tertiary/aromatic N) is 3. The number of halogens is 1. The fourth-order valence-electron chi connectivity index (χ4n) is 4.42. The smallest absolute Gasteiger partial charge is 0.241 e.